The van der Waals surface area contributed by atoms with Gasteiger partial charge in [-0.15, -0.1) is 0 Å². The minimum absolute atomic E-state index is 0.403. The van der Waals surface area contributed by atoms with E-state index in [4.69, 9.17) is 4.74 Å². The van der Waals surface area contributed by atoms with Crippen LogP contribution >= 0.6 is 0 Å². The van der Waals surface area contributed by atoms with Gasteiger partial charge in [0.2, 0.25) is 0 Å². The van der Waals surface area contributed by atoms with E-state index in [1.54, 1.807) is 0 Å². The van der Waals surface area contributed by atoms with Crippen molar-refractivity contribution in [2.75, 3.05) is 13.7 Å². The molecule has 3 rings (SSSR count). The minimum Gasteiger partial charge on any atom is -0.381 e. The molecular weight excluding hydrogens is 258 g/mol. The fraction of sp³-hybridized carbons (Fsp3) is 0.368. The average molecular weight is 281 g/mol. The van der Waals surface area contributed by atoms with Crippen molar-refractivity contribution in [3.63, 3.8) is 0 Å². The molecule has 2 aromatic rings. The van der Waals surface area contributed by atoms with Crippen molar-refractivity contribution >= 4 is 0 Å². The van der Waals surface area contributed by atoms with E-state index in [-0.39, 0.29) is 0 Å². The predicted molar refractivity (Wildman–Crippen MR) is 87.4 cm³/mol. The van der Waals surface area contributed by atoms with Crippen molar-refractivity contribution in [3.05, 3.63) is 60.2 Å². The van der Waals surface area contributed by atoms with E-state index in [1.165, 1.54) is 16.7 Å². The molecule has 0 saturated carbocycles. The van der Waals surface area contributed by atoms with E-state index < -0.39 is 0 Å². The molecule has 0 aliphatic carbocycles. The summed E-state index contributed by atoms with van der Waals surface area (Å²) in [6.07, 6.45) is 3.68. The van der Waals surface area contributed by atoms with Crippen LogP contribution in [0.2, 0.25) is 0 Å². The lowest BCUT2D eigenvalue weighted by atomic mass is 9.91. The van der Waals surface area contributed by atoms with Crippen LogP contribution in [0.1, 0.15) is 18.4 Å². The summed E-state index contributed by atoms with van der Waals surface area (Å²) in [6, 6.07) is 19.9. The maximum atomic E-state index is 5.53. The van der Waals surface area contributed by atoms with Gasteiger partial charge in [-0.25, -0.2) is 0 Å². The third-order valence-electron chi connectivity index (χ3n) is 4.35. The number of nitrogens with one attached hydrogen (secondary N) is 1. The normalized spacial score (nSPS) is 22.1. The first-order chi connectivity index (χ1) is 10.4. The van der Waals surface area contributed by atoms with Crippen LogP contribution in [0.4, 0.5) is 0 Å². The molecule has 1 fully saturated rings. The van der Waals surface area contributed by atoms with Gasteiger partial charge >= 0.3 is 0 Å². The van der Waals surface area contributed by atoms with Gasteiger partial charge < -0.3 is 10.1 Å². The molecule has 0 bridgehead atoms. The highest BCUT2D eigenvalue weighted by Crippen LogP contribution is 2.26. The van der Waals surface area contributed by atoms with Gasteiger partial charge in [-0.05, 0) is 42.5 Å². The summed E-state index contributed by atoms with van der Waals surface area (Å²) in [7, 11) is 1.82. The highest BCUT2D eigenvalue weighted by Gasteiger charge is 2.22. The molecule has 1 aliphatic heterocycles. The first kappa shape index (κ1) is 14.3. The van der Waals surface area contributed by atoms with Gasteiger partial charge in [0, 0.05) is 13.2 Å². The molecule has 1 aliphatic rings. The van der Waals surface area contributed by atoms with Crippen molar-refractivity contribution in [1.82, 2.24) is 5.32 Å². The van der Waals surface area contributed by atoms with Crippen LogP contribution in [-0.2, 0) is 11.2 Å². The standard InChI is InChI=1S/C19H23NO/c1-21-18-11-12-20-17(14-18)13-16-9-5-6-10-19(16)15-7-3-2-4-8-15/h2-10,17-18,20H,11-14H2,1H3. The summed E-state index contributed by atoms with van der Waals surface area (Å²) in [5.74, 6) is 0. The maximum Gasteiger partial charge on any atom is 0.0598 e. The predicted octanol–water partition coefficient (Wildman–Crippen LogP) is 3.66. The fourth-order valence-electron chi connectivity index (χ4n) is 3.20. The van der Waals surface area contributed by atoms with Gasteiger partial charge in [0.25, 0.3) is 0 Å². The Kier molecular flexibility index (Phi) is 4.69. The molecule has 2 atom stereocenters. The number of piperidine rings is 1. The summed E-state index contributed by atoms with van der Waals surface area (Å²) >= 11 is 0. The maximum absolute atomic E-state index is 5.53. The number of hydrogen-bond acceptors (Lipinski definition) is 2. The van der Waals surface area contributed by atoms with Gasteiger partial charge in [-0.2, -0.15) is 0 Å². The van der Waals surface area contributed by atoms with Gasteiger partial charge in [0.15, 0.2) is 0 Å². The quantitative estimate of drug-likeness (QED) is 0.923. The second-order valence-corrected chi connectivity index (χ2v) is 5.76. The van der Waals surface area contributed by atoms with Crippen LogP contribution in [0, 0.1) is 0 Å². The zero-order valence-corrected chi connectivity index (χ0v) is 12.6. The van der Waals surface area contributed by atoms with Crippen molar-refractivity contribution in [1.29, 1.82) is 0 Å². The first-order valence-electron chi connectivity index (χ1n) is 7.76. The molecule has 1 N–H and O–H groups in total. The zero-order valence-electron chi connectivity index (χ0n) is 12.6. The highest BCUT2D eigenvalue weighted by atomic mass is 16.5. The van der Waals surface area contributed by atoms with E-state index in [9.17, 15) is 0 Å². The van der Waals surface area contributed by atoms with Crippen LogP contribution in [0.15, 0.2) is 54.6 Å². The van der Waals surface area contributed by atoms with Crippen molar-refractivity contribution in [2.24, 2.45) is 0 Å². The Morgan fingerprint density at radius 1 is 1.05 bits per heavy atom. The molecule has 1 heterocycles. The van der Waals surface area contributed by atoms with Gasteiger partial charge in [0.05, 0.1) is 6.10 Å². The van der Waals surface area contributed by atoms with E-state index in [0.29, 0.717) is 12.1 Å². The lowest BCUT2D eigenvalue weighted by Gasteiger charge is -2.30. The smallest absolute Gasteiger partial charge is 0.0598 e. The Hall–Kier alpha value is -1.64. The van der Waals surface area contributed by atoms with Crippen LogP contribution < -0.4 is 5.32 Å². The molecule has 2 aromatic carbocycles. The number of methoxy groups -OCH3 is 1. The molecule has 2 unspecified atom stereocenters. The topological polar surface area (TPSA) is 21.3 Å². The zero-order chi connectivity index (χ0) is 14.5. The molecular formula is C19H23NO. The molecule has 0 amide bonds. The third-order valence-corrected chi connectivity index (χ3v) is 4.35. The Balaban J connectivity index is 1.80. The van der Waals surface area contributed by atoms with Crippen LogP contribution in [0.3, 0.4) is 0 Å². The number of hydrogen-bond donors (Lipinski definition) is 1. The summed E-state index contributed by atoms with van der Waals surface area (Å²) < 4.78 is 5.53. The number of ether oxygens (including phenoxy) is 1. The average Bonchev–Trinajstić information content (AvgIpc) is 2.56. The van der Waals surface area contributed by atoms with Crippen LogP contribution in [0.25, 0.3) is 11.1 Å². The molecule has 2 heteroatoms. The number of rotatable bonds is 4. The second kappa shape index (κ2) is 6.88. The summed E-state index contributed by atoms with van der Waals surface area (Å²) in [5.41, 5.74) is 4.06. The second-order valence-electron chi connectivity index (χ2n) is 5.76. The third kappa shape index (κ3) is 3.52. The summed E-state index contributed by atoms with van der Waals surface area (Å²) in [4.78, 5) is 0. The van der Waals surface area contributed by atoms with Crippen LogP contribution in [0.5, 0.6) is 0 Å². The largest absolute Gasteiger partial charge is 0.381 e. The Labute approximate surface area is 127 Å². The van der Waals surface area contributed by atoms with Gasteiger partial charge in [0.1, 0.15) is 0 Å². The molecule has 1 saturated heterocycles. The summed E-state index contributed by atoms with van der Waals surface area (Å²) in [5, 5.41) is 3.63. The van der Waals surface area contributed by atoms with E-state index >= 15 is 0 Å². The van der Waals surface area contributed by atoms with Crippen molar-refractivity contribution in [3.8, 4) is 11.1 Å². The number of benzene rings is 2. The lowest BCUT2D eigenvalue weighted by Crippen LogP contribution is -2.42. The van der Waals surface area contributed by atoms with Gasteiger partial charge in [-0.1, -0.05) is 54.6 Å². The van der Waals surface area contributed by atoms with Crippen LogP contribution in [-0.4, -0.2) is 25.8 Å². The molecule has 2 nitrogen and oxygen atoms in total. The molecule has 0 radical (unpaired) electrons. The van der Waals surface area contributed by atoms with E-state index in [1.807, 2.05) is 7.11 Å². The Morgan fingerprint density at radius 3 is 2.62 bits per heavy atom. The SMILES string of the molecule is COC1CCNC(Cc2ccccc2-c2ccccc2)C1. The summed E-state index contributed by atoms with van der Waals surface area (Å²) in [6.45, 7) is 1.05. The minimum atomic E-state index is 0.403. The lowest BCUT2D eigenvalue weighted by molar-refractivity contribution is 0.0621. The van der Waals surface area contributed by atoms with E-state index in [2.05, 4.69) is 59.9 Å². The Morgan fingerprint density at radius 2 is 1.81 bits per heavy atom. The first-order valence-corrected chi connectivity index (χ1v) is 7.76. The molecule has 0 aromatic heterocycles. The molecule has 21 heavy (non-hydrogen) atoms. The van der Waals surface area contributed by atoms with Crippen molar-refractivity contribution < 1.29 is 4.74 Å². The van der Waals surface area contributed by atoms with Gasteiger partial charge in [-0.3, -0.25) is 0 Å². The fourth-order valence-corrected chi connectivity index (χ4v) is 3.20. The molecule has 110 valence electrons. The molecule has 0 spiro atoms. The van der Waals surface area contributed by atoms with Crippen molar-refractivity contribution in [2.45, 2.75) is 31.4 Å². The Bertz CT molecular complexity index is 567. The monoisotopic (exact) mass is 281 g/mol. The highest BCUT2D eigenvalue weighted by molar-refractivity contribution is 5.67. The van der Waals surface area contributed by atoms with E-state index in [0.717, 1.165) is 25.8 Å².